The highest BCUT2D eigenvalue weighted by atomic mass is 16.5. The molecule has 0 spiro atoms. The molecule has 0 saturated carbocycles. The Balaban J connectivity index is 1.57. The maximum absolute atomic E-state index is 5.20. The molecule has 0 aromatic heterocycles. The van der Waals surface area contributed by atoms with Crippen LogP contribution in [0, 0.1) is 0 Å². The lowest BCUT2D eigenvalue weighted by Gasteiger charge is -2.41. The van der Waals surface area contributed by atoms with Crippen molar-refractivity contribution in [1.29, 1.82) is 0 Å². The molecule has 0 aliphatic carbocycles. The standard InChI is InChI=1S/C18H21NO/c1-20-18-9-7-16(8-10-18)14-19-12-11-17(19)13-15-5-3-2-4-6-15/h2-10,17H,11-14H2,1H3. The van der Waals surface area contributed by atoms with E-state index in [9.17, 15) is 0 Å². The Bertz CT molecular complexity index is 535. The van der Waals surface area contributed by atoms with Gasteiger partial charge in [0, 0.05) is 19.1 Å². The maximum atomic E-state index is 5.20. The fourth-order valence-corrected chi connectivity index (χ4v) is 2.79. The van der Waals surface area contributed by atoms with Crippen molar-refractivity contribution in [3.05, 3.63) is 65.7 Å². The number of nitrogens with zero attached hydrogens (tertiary/aromatic N) is 1. The Hall–Kier alpha value is -1.80. The average molecular weight is 267 g/mol. The van der Waals surface area contributed by atoms with Gasteiger partial charge in [-0.25, -0.2) is 0 Å². The van der Waals surface area contributed by atoms with Gasteiger partial charge < -0.3 is 4.74 Å². The molecule has 3 rings (SSSR count). The van der Waals surface area contributed by atoms with Gasteiger partial charge in [0.05, 0.1) is 7.11 Å². The molecule has 0 radical (unpaired) electrons. The van der Waals surface area contributed by atoms with Crippen LogP contribution in [0.4, 0.5) is 0 Å². The molecule has 2 heteroatoms. The summed E-state index contributed by atoms with van der Waals surface area (Å²) < 4.78 is 5.20. The minimum atomic E-state index is 0.694. The topological polar surface area (TPSA) is 12.5 Å². The summed E-state index contributed by atoms with van der Waals surface area (Å²) >= 11 is 0. The second-order valence-electron chi connectivity index (χ2n) is 5.45. The van der Waals surface area contributed by atoms with Gasteiger partial charge in [0.25, 0.3) is 0 Å². The zero-order valence-electron chi connectivity index (χ0n) is 12.0. The van der Waals surface area contributed by atoms with Crippen LogP contribution in [-0.4, -0.2) is 24.6 Å². The van der Waals surface area contributed by atoms with Crippen LogP contribution >= 0.6 is 0 Å². The van der Waals surface area contributed by atoms with Crippen LogP contribution in [0.2, 0.25) is 0 Å². The number of hydrogen-bond acceptors (Lipinski definition) is 2. The predicted molar refractivity (Wildman–Crippen MR) is 82.0 cm³/mol. The van der Waals surface area contributed by atoms with E-state index in [4.69, 9.17) is 4.74 Å². The molecule has 2 aromatic carbocycles. The average Bonchev–Trinajstić information content (AvgIpc) is 2.51. The first-order valence-electron chi connectivity index (χ1n) is 7.26. The molecule has 0 N–H and O–H groups in total. The van der Waals surface area contributed by atoms with E-state index >= 15 is 0 Å². The summed E-state index contributed by atoms with van der Waals surface area (Å²) in [4.78, 5) is 2.56. The Morgan fingerprint density at radius 1 is 1.00 bits per heavy atom. The lowest BCUT2D eigenvalue weighted by atomic mass is 9.94. The van der Waals surface area contributed by atoms with Crippen molar-refractivity contribution in [1.82, 2.24) is 4.90 Å². The molecule has 2 nitrogen and oxygen atoms in total. The second-order valence-corrected chi connectivity index (χ2v) is 5.45. The van der Waals surface area contributed by atoms with Crippen molar-refractivity contribution in [3.8, 4) is 5.75 Å². The lowest BCUT2D eigenvalue weighted by molar-refractivity contribution is 0.0821. The Labute approximate surface area is 121 Å². The Morgan fingerprint density at radius 3 is 2.35 bits per heavy atom. The van der Waals surface area contributed by atoms with E-state index in [2.05, 4.69) is 47.4 Å². The normalized spacial score (nSPS) is 18.6. The van der Waals surface area contributed by atoms with Gasteiger partial charge in [-0.3, -0.25) is 4.90 Å². The summed E-state index contributed by atoms with van der Waals surface area (Å²) in [6.07, 6.45) is 2.47. The first-order chi connectivity index (χ1) is 9.85. The molecule has 1 aliphatic rings. The first-order valence-corrected chi connectivity index (χ1v) is 7.26. The number of methoxy groups -OCH3 is 1. The van der Waals surface area contributed by atoms with Crippen LogP contribution < -0.4 is 4.74 Å². The van der Waals surface area contributed by atoms with Gasteiger partial charge in [0.15, 0.2) is 0 Å². The van der Waals surface area contributed by atoms with Crippen LogP contribution in [0.1, 0.15) is 17.5 Å². The fourth-order valence-electron chi connectivity index (χ4n) is 2.79. The summed E-state index contributed by atoms with van der Waals surface area (Å²) in [5, 5.41) is 0. The van der Waals surface area contributed by atoms with Crippen molar-refractivity contribution in [2.45, 2.75) is 25.4 Å². The largest absolute Gasteiger partial charge is 0.497 e. The van der Waals surface area contributed by atoms with Gasteiger partial charge in [-0.1, -0.05) is 42.5 Å². The minimum absolute atomic E-state index is 0.694. The Morgan fingerprint density at radius 2 is 1.75 bits per heavy atom. The number of likely N-dealkylation sites (tertiary alicyclic amines) is 1. The molecule has 1 heterocycles. The third-order valence-electron chi connectivity index (χ3n) is 4.12. The molecule has 20 heavy (non-hydrogen) atoms. The molecular weight excluding hydrogens is 246 g/mol. The number of ether oxygens (including phenoxy) is 1. The van der Waals surface area contributed by atoms with Gasteiger partial charge >= 0.3 is 0 Å². The smallest absolute Gasteiger partial charge is 0.118 e. The van der Waals surface area contributed by atoms with Crippen LogP contribution in [0.15, 0.2) is 54.6 Å². The van der Waals surface area contributed by atoms with E-state index in [0.29, 0.717) is 6.04 Å². The molecule has 2 aromatic rings. The summed E-state index contributed by atoms with van der Waals surface area (Å²) in [5.74, 6) is 0.929. The van der Waals surface area contributed by atoms with Gasteiger partial charge in [-0.15, -0.1) is 0 Å². The monoisotopic (exact) mass is 267 g/mol. The quantitative estimate of drug-likeness (QED) is 0.822. The second kappa shape index (κ2) is 6.10. The van der Waals surface area contributed by atoms with Crippen molar-refractivity contribution in [2.75, 3.05) is 13.7 Å². The van der Waals surface area contributed by atoms with Crippen LogP contribution in [0.3, 0.4) is 0 Å². The molecule has 1 aliphatic heterocycles. The molecule has 104 valence electrons. The van der Waals surface area contributed by atoms with E-state index < -0.39 is 0 Å². The predicted octanol–water partition coefficient (Wildman–Crippen LogP) is 3.51. The number of hydrogen-bond donors (Lipinski definition) is 0. The molecule has 1 fully saturated rings. The minimum Gasteiger partial charge on any atom is -0.497 e. The first kappa shape index (κ1) is 13.2. The van der Waals surface area contributed by atoms with Crippen LogP contribution in [0.25, 0.3) is 0 Å². The molecule has 1 atom stereocenters. The van der Waals surface area contributed by atoms with E-state index in [1.165, 1.54) is 24.1 Å². The fraction of sp³-hybridized carbons (Fsp3) is 0.333. The van der Waals surface area contributed by atoms with Crippen molar-refractivity contribution in [2.24, 2.45) is 0 Å². The van der Waals surface area contributed by atoms with E-state index in [1.54, 1.807) is 7.11 Å². The van der Waals surface area contributed by atoms with Crippen molar-refractivity contribution >= 4 is 0 Å². The highest BCUT2D eigenvalue weighted by molar-refractivity contribution is 5.27. The van der Waals surface area contributed by atoms with Crippen LogP contribution in [0.5, 0.6) is 5.75 Å². The maximum Gasteiger partial charge on any atom is 0.118 e. The number of benzene rings is 2. The summed E-state index contributed by atoms with van der Waals surface area (Å²) in [6.45, 7) is 2.25. The van der Waals surface area contributed by atoms with Crippen LogP contribution in [-0.2, 0) is 13.0 Å². The Kier molecular flexibility index (Phi) is 4.03. The van der Waals surface area contributed by atoms with Gasteiger partial charge in [0.1, 0.15) is 5.75 Å². The van der Waals surface area contributed by atoms with Gasteiger partial charge in [-0.2, -0.15) is 0 Å². The zero-order chi connectivity index (χ0) is 13.8. The third-order valence-corrected chi connectivity index (χ3v) is 4.12. The van der Waals surface area contributed by atoms with E-state index in [1.807, 2.05) is 12.1 Å². The highest BCUT2D eigenvalue weighted by Gasteiger charge is 2.27. The SMILES string of the molecule is COc1ccc(CN2CCC2Cc2ccccc2)cc1. The summed E-state index contributed by atoms with van der Waals surface area (Å²) in [7, 11) is 1.71. The number of rotatable bonds is 5. The van der Waals surface area contributed by atoms with Gasteiger partial charge in [0.2, 0.25) is 0 Å². The zero-order valence-corrected chi connectivity index (χ0v) is 12.0. The molecule has 1 unspecified atom stereocenters. The molecule has 0 amide bonds. The third kappa shape index (κ3) is 3.02. The van der Waals surface area contributed by atoms with E-state index in [0.717, 1.165) is 18.7 Å². The summed E-state index contributed by atoms with van der Waals surface area (Å²) in [6, 6.07) is 19.9. The highest BCUT2D eigenvalue weighted by Crippen LogP contribution is 2.24. The van der Waals surface area contributed by atoms with Crippen molar-refractivity contribution in [3.63, 3.8) is 0 Å². The van der Waals surface area contributed by atoms with Crippen molar-refractivity contribution < 1.29 is 4.74 Å². The van der Waals surface area contributed by atoms with E-state index in [-0.39, 0.29) is 0 Å². The lowest BCUT2D eigenvalue weighted by Crippen LogP contribution is -2.48. The summed E-state index contributed by atoms with van der Waals surface area (Å²) in [5.41, 5.74) is 2.81. The van der Waals surface area contributed by atoms with Gasteiger partial charge in [-0.05, 0) is 36.1 Å². The molecular formula is C18H21NO. The molecule has 1 saturated heterocycles. The molecule has 0 bridgehead atoms.